The van der Waals surface area contributed by atoms with Crippen LogP contribution in [0.2, 0.25) is 0 Å². The van der Waals surface area contributed by atoms with E-state index in [9.17, 15) is 38.7 Å². The molecular weight excluding hydrogens is 1220 g/mol. The Bertz CT molecular complexity index is 3150. The number of benzene rings is 3. The van der Waals surface area contributed by atoms with Crippen LogP contribution in [0.5, 0.6) is 5.75 Å². The smallest absolute Gasteiger partial charge is 0.315 e. The van der Waals surface area contributed by atoms with Crippen molar-refractivity contribution in [3.05, 3.63) is 77.0 Å². The number of thiocarbonyl (C=S) groups is 1. The molecule has 6 atom stereocenters. The molecule has 93 heavy (non-hydrogen) atoms. The number of urea groups is 5. The highest BCUT2D eigenvalue weighted by molar-refractivity contribution is 7.80. The molecule has 1 heterocycles. The summed E-state index contributed by atoms with van der Waals surface area (Å²) in [6, 6.07) is 14.3. The van der Waals surface area contributed by atoms with Crippen LogP contribution in [-0.4, -0.2) is 179 Å². The highest BCUT2D eigenvalue weighted by atomic mass is 32.1. The molecule has 2 aliphatic rings. The van der Waals surface area contributed by atoms with Gasteiger partial charge in [0.25, 0.3) is 0 Å². The molecular formula is C58H95N25O9S. The van der Waals surface area contributed by atoms with Crippen molar-refractivity contribution in [2.45, 2.75) is 108 Å². The van der Waals surface area contributed by atoms with Gasteiger partial charge in [-0.15, -0.1) is 0 Å². The minimum absolute atomic E-state index is 0.00180. The van der Waals surface area contributed by atoms with Crippen molar-refractivity contribution in [2.24, 2.45) is 65.8 Å². The number of aliphatic imine (C=N–C) groups is 4. The molecule has 2 aromatic rings. The molecule has 4 rings (SSSR count). The number of amides is 11. The molecule has 0 aromatic heterocycles. The van der Waals surface area contributed by atoms with Gasteiger partial charge in [-0.25, -0.2) is 24.0 Å². The molecule has 0 fully saturated rings. The second-order valence-corrected chi connectivity index (χ2v) is 21.9. The van der Waals surface area contributed by atoms with E-state index in [0.717, 1.165) is 22.1 Å². The SMILES string of the molecule is CNC(=S)N[C@@H](CCCN=C(N)N)CNC(=O)N[C@@H](C)CNC(=O)N[C@@H](CCCN=C(N)N)CNC(=O)N[C@@H](CCCN=C(N)N)CNC(=O)N[C@@H](C)CNC(=O)N[C@@H](CCCN=C(N)N)CNC(C)=O.O=c1ccc2c(-c3ccccc3)c3ccc(O)cc3oc-2c1. The third-order valence-corrected chi connectivity index (χ3v) is 13.7. The van der Waals surface area contributed by atoms with Gasteiger partial charge in [-0.2, -0.15) is 0 Å². The quantitative estimate of drug-likeness (QED) is 0.00815. The van der Waals surface area contributed by atoms with Gasteiger partial charge in [-0.05, 0) is 107 Å². The summed E-state index contributed by atoms with van der Waals surface area (Å²) >= 11 is 5.22. The zero-order chi connectivity index (χ0) is 68.7. The lowest BCUT2D eigenvalue weighted by molar-refractivity contribution is -0.119. The van der Waals surface area contributed by atoms with Crippen LogP contribution in [0, 0.1) is 0 Å². The lowest BCUT2D eigenvalue weighted by Crippen LogP contribution is -2.54. The van der Waals surface area contributed by atoms with Crippen molar-refractivity contribution in [2.75, 3.05) is 72.5 Å². The van der Waals surface area contributed by atoms with Gasteiger partial charge in [-0.1, -0.05) is 30.3 Å². The molecule has 11 amide bonds. The van der Waals surface area contributed by atoms with Gasteiger partial charge >= 0.3 is 30.2 Å². The fraction of sp³-hybridized carbons (Fsp3) is 0.483. The van der Waals surface area contributed by atoms with Crippen molar-refractivity contribution in [3.8, 4) is 28.2 Å². The number of phenols is 1. The monoisotopic (exact) mass is 1320 g/mol. The first-order valence-corrected chi connectivity index (χ1v) is 30.6. The highest BCUT2D eigenvalue weighted by Gasteiger charge is 2.21. The average molecular weight is 1320 g/mol. The number of nitrogens with two attached hydrogens (primary N) is 8. The van der Waals surface area contributed by atoms with E-state index in [4.69, 9.17) is 62.5 Å². The third-order valence-electron chi connectivity index (χ3n) is 13.3. The molecule has 2 aromatic carbocycles. The number of aromatic hydroxyl groups is 1. The molecule has 512 valence electrons. The normalized spacial score (nSPS) is 12.5. The van der Waals surface area contributed by atoms with Gasteiger partial charge in [0.2, 0.25) is 5.91 Å². The van der Waals surface area contributed by atoms with Crippen LogP contribution in [0.3, 0.4) is 0 Å². The first-order valence-electron chi connectivity index (χ1n) is 30.2. The van der Waals surface area contributed by atoms with Gasteiger partial charge in [-0.3, -0.25) is 29.6 Å². The zero-order valence-corrected chi connectivity index (χ0v) is 53.9. The van der Waals surface area contributed by atoms with Crippen molar-refractivity contribution in [3.63, 3.8) is 0 Å². The average Bonchev–Trinajstić information content (AvgIpc) is 0.762. The Labute approximate surface area is 545 Å². The van der Waals surface area contributed by atoms with Gasteiger partial charge in [0.05, 0.1) is 0 Å². The van der Waals surface area contributed by atoms with E-state index in [2.05, 4.69) is 89.1 Å². The number of phenolic OH excluding ortho intramolecular Hbond substituents is 1. The predicted octanol–water partition coefficient (Wildman–Crippen LogP) is -1.55. The number of fused-ring (bicyclic) bond motifs is 2. The molecule has 0 saturated heterocycles. The number of guanidine groups is 4. The fourth-order valence-electron chi connectivity index (χ4n) is 8.88. The summed E-state index contributed by atoms with van der Waals surface area (Å²) in [6.45, 7) is 6.62. The molecule has 35 heteroatoms. The van der Waals surface area contributed by atoms with E-state index in [-0.39, 0.29) is 99.3 Å². The third kappa shape index (κ3) is 33.8. The van der Waals surface area contributed by atoms with Crippen LogP contribution in [0.25, 0.3) is 33.4 Å². The Kier molecular flexibility index (Phi) is 35.1. The topological polar surface area (TPSA) is 567 Å². The minimum Gasteiger partial charge on any atom is -0.508 e. The summed E-state index contributed by atoms with van der Waals surface area (Å²) in [4.78, 5) is 104. The molecule has 0 saturated carbocycles. The Morgan fingerprint density at radius 1 is 0.505 bits per heavy atom. The first kappa shape index (κ1) is 76.8. The highest BCUT2D eigenvalue weighted by Crippen LogP contribution is 2.40. The van der Waals surface area contributed by atoms with E-state index in [0.29, 0.717) is 80.9 Å². The second-order valence-electron chi connectivity index (χ2n) is 21.5. The van der Waals surface area contributed by atoms with Crippen LogP contribution in [0.4, 0.5) is 24.0 Å². The number of hydrogen-bond acceptors (Lipinski definition) is 14. The standard InChI is InChI=1S/C39H83N25O6S.C19H12O3/c1-23(17-54-36(68)61-26(19-53-25(3)65)9-5-13-49-30(40)41)59-34(66)56-20-27(10-6-14-50-31(42)43)63-38(70)58-21-28(11-7-15-51-32(44)45)62-37(69)55-18-24(2)60-35(67)57-22-29(64-39(71)48-4)12-8-16-52-33(46)47;20-13-6-8-15-17(10-13)22-18-11-14(21)7-9-16(18)19(15)12-4-2-1-3-5-12/h23-24,26-29H,5-22H2,1-4H3,(H,53,65)(H4,40,41,49)(H4,42,43,50)(H4,44,45,51)(H4,46,47,52)(H2,48,64,71)(H2,54,61,68)(H2,55,62,69)(H2,56,59,66)(H2,57,60,67)(H2,58,63,70);1-11,20H/t23-,24-,26-,27-,28-,29-;/m0./s1. The molecule has 34 nitrogen and oxygen atoms in total. The van der Waals surface area contributed by atoms with Crippen molar-refractivity contribution in [1.29, 1.82) is 0 Å². The summed E-state index contributed by atoms with van der Waals surface area (Å²) in [5.74, 6) is 0.156. The number of nitrogens with zero attached hydrogens (tertiary/aromatic N) is 4. The van der Waals surface area contributed by atoms with Gasteiger partial charge in [0, 0.05) is 144 Å². The summed E-state index contributed by atoms with van der Waals surface area (Å²) < 4.78 is 5.81. The van der Waals surface area contributed by atoms with Gasteiger partial charge in [0.1, 0.15) is 17.1 Å². The number of rotatable bonds is 35. The van der Waals surface area contributed by atoms with Crippen molar-refractivity contribution in [1.82, 2.24) is 69.1 Å². The lowest BCUT2D eigenvalue weighted by Gasteiger charge is -2.24. The molecule has 0 bridgehead atoms. The van der Waals surface area contributed by atoms with E-state index in [1.807, 2.05) is 36.4 Å². The summed E-state index contributed by atoms with van der Waals surface area (Å²) in [7, 11) is 1.68. The first-order chi connectivity index (χ1) is 44.3. The molecule has 0 radical (unpaired) electrons. The van der Waals surface area contributed by atoms with Crippen LogP contribution in [0.1, 0.15) is 72.1 Å². The molecule has 30 N–H and O–H groups in total. The molecule has 0 spiro atoms. The Morgan fingerprint density at radius 2 is 0.892 bits per heavy atom. The van der Waals surface area contributed by atoms with E-state index >= 15 is 0 Å². The molecule has 1 aliphatic heterocycles. The van der Waals surface area contributed by atoms with E-state index in [1.54, 1.807) is 39.1 Å². The van der Waals surface area contributed by atoms with Gasteiger partial charge in [0.15, 0.2) is 34.4 Å². The minimum atomic E-state index is -0.590. The summed E-state index contributed by atoms with van der Waals surface area (Å²) in [6.07, 6.45) is 3.93. The molecule has 1 aliphatic carbocycles. The maximum atomic E-state index is 13.2. The predicted molar refractivity (Wildman–Crippen MR) is 366 cm³/mol. The number of carbonyl (C=O) groups is 6. The van der Waals surface area contributed by atoms with E-state index < -0.39 is 60.4 Å². The van der Waals surface area contributed by atoms with Crippen LogP contribution < -0.4 is 120 Å². The zero-order valence-electron chi connectivity index (χ0n) is 53.1. The second kappa shape index (κ2) is 42.5. The van der Waals surface area contributed by atoms with Crippen LogP contribution in [0.15, 0.2) is 95.9 Å². The Hall–Kier alpha value is -10.5. The van der Waals surface area contributed by atoms with Crippen molar-refractivity contribution >= 4 is 88.2 Å². The van der Waals surface area contributed by atoms with Gasteiger partial charge < -0.3 is 125 Å². The van der Waals surface area contributed by atoms with E-state index in [1.165, 1.54) is 19.1 Å². The maximum absolute atomic E-state index is 13.2. The number of nitrogens with one attached hydrogen (secondary N) is 13. The van der Waals surface area contributed by atoms with Crippen LogP contribution in [-0.2, 0) is 4.79 Å². The summed E-state index contributed by atoms with van der Waals surface area (Å²) in [5.41, 5.74) is 46.8. The summed E-state index contributed by atoms with van der Waals surface area (Å²) in [5, 5.41) is 47.3. The largest absolute Gasteiger partial charge is 0.508 e. The number of hydrogen-bond donors (Lipinski definition) is 22. The number of carbonyl (C=O) groups excluding carboxylic acids is 6. The molecule has 0 unspecified atom stereocenters. The Morgan fingerprint density at radius 3 is 1.29 bits per heavy atom. The Balaban J connectivity index is 0.000000839. The van der Waals surface area contributed by atoms with Crippen LogP contribution >= 0.6 is 12.2 Å². The maximum Gasteiger partial charge on any atom is 0.315 e. The fourth-order valence-corrected chi connectivity index (χ4v) is 9.05. The lowest BCUT2D eigenvalue weighted by atomic mass is 9.94. The van der Waals surface area contributed by atoms with Crippen molar-refractivity contribution < 1.29 is 38.3 Å².